The molecule has 0 fully saturated rings. The number of ether oxygens (including phenoxy) is 1. The zero-order chi connectivity index (χ0) is 11.4. The maximum Gasteiger partial charge on any atom is 0.123 e. The highest BCUT2D eigenvalue weighted by Gasteiger charge is 1.97. The van der Waals surface area contributed by atoms with E-state index in [0.29, 0.717) is 18.2 Å². The zero-order valence-electron chi connectivity index (χ0n) is 8.63. The van der Waals surface area contributed by atoms with Gasteiger partial charge in [0.25, 0.3) is 0 Å². The zero-order valence-corrected chi connectivity index (χ0v) is 8.63. The van der Waals surface area contributed by atoms with Crippen molar-refractivity contribution in [1.82, 2.24) is 4.98 Å². The molecule has 0 aliphatic heterocycles. The van der Waals surface area contributed by atoms with E-state index in [1.165, 1.54) is 0 Å². The second-order valence-corrected chi connectivity index (χ2v) is 3.38. The summed E-state index contributed by atoms with van der Waals surface area (Å²) in [5, 5.41) is 9.24. The average Bonchev–Trinajstić information content (AvgIpc) is 2.28. The van der Waals surface area contributed by atoms with Crippen LogP contribution in [0.5, 0.6) is 11.5 Å². The summed E-state index contributed by atoms with van der Waals surface area (Å²) >= 11 is 0. The van der Waals surface area contributed by atoms with Gasteiger partial charge in [-0.05, 0) is 18.2 Å². The minimum Gasteiger partial charge on any atom is -0.508 e. The second-order valence-electron chi connectivity index (χ2n) is 3.38. The topological polar surface area (TPSA) is 68.4 Å². The molecule has 2 rings (SSSR count). The van der Waals surface area contributed by atoms with Crippen LogP contribution in [0.1, 0.15) is 5.56 Å². The summed E-state index contributed by atoms with van der Waals surface area (Å²) in [5.74, 6) is 1.30. The van der Waals surface area contributed by atoms with E-state index >= 15 is 0 Å². The predicted octanol–water partition coefficient (Wildman–Crippen LogP) is 1.95. The van der Waals surface area contributed by atoms with Gasteiger partial charge in [-0.1, -0.05) is 12.1 Å². The largest absolute Gasteiger partial charge is 0.508 e. The molecule has 82 valence electrons. The number of hydrogen-bond acceptors (Lipinski definition) is 4. The number of nitrogen functional groups attached to an aromatic ring is 1. The molecule has 3 N–H and O–H groups in total. The molecule has 1 heterocycles. The number of aromatic hydroxyl groups is 1. The predicted molar refractivity (Wildman–Crippen MR) is 61.1 cm³/mol. The van der Waals surface area contributed by atoms with Crippen molar-refractivity contribution in [2.45, 2.75) is 6.61 Å². The summed E-state index contributed by atoms with van der Waals surface area (Å²) in [6.45, 7) is 0.400. The third kappa shape index (κ3) is 2.63. The van der Waals surface area contributed by atoms with Crippen molar-refractivity contribution in [3.63, 3.8) is 0 Å². The van der Waals surface area contributed by atoms with Gasteiger partial charge in [-0.3, -0.25) is 0 Å². The summed E-state index contributed by atoms with van der Waals surface area (Å²) in [5.41, 5.74) is 6.40. The van der Waals surface area contributed by atoms with E-state index in [0.717, 1.165) is 5.56 Å². The molecule has 2 aromatic rings. The van der Waals surface area contributed by atoms with Gasteiger partial charge in [-0.25, -0.2) is 4.98 Å². The van der Waals surface area contributed by atoms with E-state index in [1.807, 2.05) is 6.07 Å². The van der Waals surface area contributed by atoms with Crippen molar-refractivity contribution < 1.29 is 9.84 Å². The number of benzene rings is 1. The summed E-state index contributed by atoms with van der Waals surface area (Å²) < 4.78 is 5.47. The van der Waals surface area contributed by atoms with Crippen molar-refractivity contribution in [2.75, 3.05) is 5.73 Å². The van der Waals surface area contributed by atoms with E-state index < -0.39 is 0 Å². The first-order chi connectivity index (χ1) is 7.74. The highest BCUT2D eigenvalue weighted by atomic mass is 16.5. The molecule has 0 radical (unpaired) electrons. The number of nitrogens with zero attached hydrogens (tertiary/aromatic N) is 1. The van der Waals surface area contributed by atoms with Crippen molar-refractivity contribution in [1.29, 1.82) is 0 Å². The first-order valence-electron chi connectivity index (χ1n) is 4.86. The van der Waals surface area contributed by atoms with Crippen LogP contribution in [0.15, 0.2) is 42.6 Å². The van der Waals surface area contributed by atoms with E-state index in [4.69, 9.17) is 10.5 Å². The SMILES string of the molecule is Nc1ccc(COc2cccc(O)c2)cn1. The number of rotatable bonds is 3. The number of phenols is 1. The van der Waals surface area contributed by atoms with Gasteiger partial charge in [0.15, 0.2) is 0 Å². The highest BCUT2D eigenvalue weighted by Crippen LogP contribution is 2.18. The molecular formula is C12H12N2O2. The average molecular weight is 216 g/mol. The van der Waals surface area contributed by atoms with Crippen LogP contribution in [0, 0.1) is 0 Å². The van der Waals surface area contributed by atoms with Crippen LogP contribution in [0.2, 0.25) is 0 Å². The molecule has 0 saturated carbocycles. The molecule has 4 heteroatoms. The fraction of sp³-hybridized carbons (Fsp3) is 0.0833. The lowest BCUT2D eigenvalue weighted by Gasteiger charge is -2.06. The minimum atomic E-state index is 0.188. The van der Waals surface area contributed by atoms with Gasteiger partial charge >= 0.3 is 0 Å². The Morgan fingerprint density at radius 3 is 2.81 bits per heavy atom. The van der Waals surface area contributed by atoms with E-state index in [1.54, 1.807) is 36.5 Å². The summed E-state index contributed by atoms with van der Waals surface area (Å²) in [6, 6.07) is 10.2. The smallest absolute Gasteiger partial charge is 0.123 e. The maximum absolute atomic E-state index is 9.24. The van der Waals surface area contributed by atoms with Gasteiger partial charge in [0, 0.05) is 17.8 Å². The first-order valence-corrected chi connectivity index (χ1v) is 4.86. The Morgan fingerprint density at radius 1 is 1.25 bits per heavy atom. The van der Waals surface area contributed by atoms with Gasteiger partial charge < -0.3 is 15.6 Å². The van der Waals surface area contributed by atoms with Gasteiger partial charge in [0.1, 0.15) is 23.9 Å². The molecule has 4 nitrogen and oxygen atoms in total. The van der Waals surface area contributed by atoms with Crippen LogP contribution in [-0.2, 0) is 6.61 Å². The Kier molecular flexibility index (Phi) is 2.91. The molecular weight excluding hydrogens is 204 g/mol. The molecule has 0 unspecified atom stereocenters. The lowest BCUT2D eigenvalue weighted by atomic mass is 10.3. The summed E-state index contributed by atoms with van der Waals surface area (Å²) in [4.78, 5) is 3.96. The number of nitrogens with two attached hydrogens (primary N) is 1. The van der Waals surface area contributed by atoms with Crippen molar-refractivity contribution in [3.05, 3.63) is 48.2 Å². The van der Waals surface area contributed by atoms with E-state index in [9.17, 15) is 5.11 Å². The summed E-state index contributed by atoms with van der Waals surface area (Å²) in [7, 11) is 0. The molecule has 0 saturated heterocycles. The lowest BCUT2D eigenvalue weighted by Crippen LogP contribution is -1.97. The van der Waals surface area contributed by atoms with Crippen LogP contribution < -0.4 is 10.5 Å². The van der Waals surface area contributed by atoms with Gasteiger partial charge in [0.05, 0.1) is 0 Å². The van der Waals surface area contributed by atoms with Crippen LogP contribution >= 0.6 is 0 Å². The van der Waals surface area contributed by atoms with Crippen LogP contribution in [0.4, 0.5) is 5.82 Å². The van der Waals surface area contributed by atoms with Gasteiger partial charge in [-0.15, -0.1) is 0 Å². The Balaban J connectivity index is 1.99. The Labute approximate surface area is 93.3 Å². The lowest BCUT2D eigenvalue weighted by molar-refractivity contribution is 0.304. The number of anilines is 1. The number of pyridine rings is 1. The molecule has 1 aromatic carbocycles. The van der Waals surface area contributed by atoms with Crippen LogP contribution in [0.25, 0.3) is 0 Å². The molecule has 0 spiro atoms. The summed E-state index contributed by atoms with van der Waals surface area (Å²) in [6.07, 6.45) is 1.66. The molecule has 0 aliphatic rings. The van der Waals surface area contributed by atoms with Crippen molar-refractivity contribution in [2.24, 2.45) is 0 Å². The molecule has 0 amide bonds. The van der Waals surface area contributed by atoms with Crippen molar-refractivity contribution >= 4 is 5.82 Å². The quantitative estimate of drug-likeness (QED) is 0.822. The van der Waals surface area contributed by atoms with Gasteiger partial charge in [0.2, 0.25) is 0 Å². The second kappa shape index (κ2) is 4.53. The molecule has 16 heavy (non-hydrogen) atoms. The fourth-order valence-corrected chi connectivity index (χ4v) is 1.26. The molecule has 0 aliphatic carbocycles. The number of aromatic nitrogens is 1. The Bertz CT molecular complexity index is 469. The molecule has 0 bridgehead atoms. The number of hydrogen-bond donors (Lipinski definition) is 2. The molecule has 1 aromatic heterocycles. The van der Waals surface area contributed by atoms with Gasteiger partial charge in [-0.2, -0.15) is 0 Å². The maximum atomic E-state index is 9.24. The fourth-order valence-electron chi connectivity index (χ4n) is 1.26. The highest BCUT2D eigenvalue weighted by molar-refractivity contribution is 5.32. The van der Waals surface area contributed by atoms with E-state index in [-0.39, 0.29) is 5.75 Å². The Hall–Kier alpha value is -2.23. The van der Waals surface area contributed by atoms with E-state index in [2.05, 4.69) is 4.98 Å². The van der Waals surface area contributed by atoms with Crippen molar-refractivity contribution in [3.8, 4) is 11.5 Å². The van der Waals surface area contributed by atoms with Crippen LogP contribution in [0.3, 0.4) is 0 Å². The minimum absolute atomic E-state index is 0.188. The normalized spacial score (nSPS) is 10.0. The third-order valence-electron chi connectivity index (χ3n) is 2.07. The Morgan fingerprint density at radius 2 is 2.12 bits per heavy atom. The standard InChI is InChI=1S/C12H12N2O2/c13-12-5-4-9(7-14-12)8-16-11-3-1-2-10(15)6-11/h1-7,15H,8H2,(H2,13,14). The van der Waals surface area contributed by atoms with Crippen LogP contribution in [-0.4, -0.2) is 10.1 Å². The first kappa shape index (κ1) is 10.3. The monoisotopic (exact) mass is 216 g/mol. The number of phenolic OH excluding ortho intramolecular Hbond substituents is 1. The molecule has 0 atom stereocenters. The third-order valence-corrected chi connectivity index (χ3v) is 2.07.